The number of hydrogen-bond donors (Lipinski definition) is 0. The summed E-state index contributed by atoms with van der Waals surface area (Å²) >= 11 is 0. The molecule has 0 N–H and O–H groups in total. The zero-order valence-electron chi connectivity index (χ0n) is 24.3. The number of para-hydroxylation sites is 1. The number of benzene rings is 8. The topological polar surface area (TPSA) is 9.23 Å². The standard InChI is InChI=1S/C42H26O/c1-2-13-27(14-3-1)28-15-4-5-17-30(28)40-31-18-6-8-20-33(31)41(34-21-9-7-19-32(34)40)37-26-25-36-29-16-10-11-23-38(29)43-39-24-12-22-35(37)42(36)39/h1-26H/i6D. The molecule has 1 heteroatoms. The third kappa shape index (κ3) is 3.58. The van der Waals surface area contributed by atoms with Gasteiger partial charge in [-0.15, -0.1) is 0 Å². The van der Waals surface area contributed by atoms with Gasteiger partial charge in [-0.25, -0.2) is 0 Å². The van der Waals surface area contributed by atoms with Gasteiger partial charge >= 0.3 is 0 Å². The first-order valence-corrected chi connectivity index (χ1v) is 14.7. The molecular weight excluding hydrogens is 520 g/mol. The first-order valence-electron chi connectivity index (χ1n) is 15.2. The molecule has 8 aromatic carbocycles. The van der Waals surface area contributed by atoms with E-state index in [0.717, 1.165) is 49.7 Å². The predicted octanol–water partition coefficient (Wildman–Crippen LogP) is 11.9. The lowest BCUT2D eigenvalue weighted by molar-refractivity contribution is 0.487. The molecule has 8 aromatic rings. The summed E-state index contributed by atoms with van der Waals surface area (Å²) < 4.78 is 15.1. The van der Waals surface area contributed by atoms with Gasteiger partial charge < -0.3 is 4.74 Å². The Kier molecular flexibility index (Phi) is 5.04. The molecule has 200 valence electrons. The van der Waals surface area contributed by atoms with Crippen molar-refractivity contribution < 1.29 is 6.11 Å². The van der Waals surface area contributed by atoms with Crippen molar-refractivity contribution in [1.82, 2.24) is 0 Å². The van der Waals surface area contributed by atoms with Gasteiger partial charge in [-0.1, -0.05) is 146 Å². The molecule has 1 nitrogen and oxygen atoms in total. The fourth-order valence-corrected chi connectivity index (χ4v) is 7.01. The van der Waals surface area contributed by atoms with E-state index < -0.39 is 0 Å². The molecule has 0 bridgehead atoms. The van der Waals surface area contributed by atoms with Crippen molar-refractivity contribution in [1.29, 1.82) is 0 Å². The van der Waals surface area contributed by atoms with Crippen LogP contribution in [0, 0.1) is 0 Å². The van der Waals surface area contributed by atoms with E-state index in [1.54, 1.807) is 0 Å². The summed E-state index contributed by atoms with van der Waals surface area (Å²) in [5.74, 6) is 1.77. The molecule has 1 heterocycles. The van der Waals surface area contributed by atoms with Crippen molar-refractivity contribution in [2.75, 3.05) is 0 Å². The highest BCUT2D eigenvalue weighted by Crippen LogP contribution is 2.51. The molecule has 1 aliphatic heterocycles. The van der Waals surface area contributed by atoms with Gasteiger partial charge in [0.1, 0.15) is 11.5 Å². The van der Waals surface area contributed by atoms with E-state index >= 15 is 0 Å². The maximum Gasteiger partial charge on any atom is 0.135 e. The predicted molar refractivity (Wildman–Crippen MR) is 181 cm³/mol. The lowest BCUT2D eigenvalue weighted by atomic mass is 9.82. The molecule has 0 saturated heterocycles. The molecule has 43 heavy (non-hydrogen) atoms. The molecule has 9 rings (SSSR count). The molecule has 0 atom stereocenters. The summed E-state index contributed by atoms with van der Waals surface area (Å²) in [5.41, 5.74) is 9.33. The van der Waals surface area contributed by atoms with Crippen LogP contribution >= 0.6 is 0 Å². The molecule has 0 saturated carbocycles. The zero-order valence-corrected chi connectivity index (χ0v) is 23.3. The average molecular weight is 548 g/mol. The van der Waals surface area contributed by atoms with Crippen molar-refractivity contribution in [2.24, 2.45) is 0 Å². The smallest absolute Gasteiger partial charge is 0.135 e. The normalized spacial score (nSPS) is 12.2. The van der Waals surface area contributed by atoms with E-state index in [0.29, 0.717) is 6.04 Å². The molecule has 0 spiro atoms. The minimum atomic E-state index is 0.499. The Labute approximate surface area is 251 Å². The van der Waals surface area contributed by atoms with E-state index in [2.05, 4.69) is 127 Å². The monoisotopic (exact) mass is 547 g/mol. The maximum absolute atomic E-state index is 8.71. The zero-order chi connectivity index (χ0) is 29.2. The van der Waals surface area contributed by atoms with Gasteiger partial charge in [0.05, 0.1) is 1.37 Å². The quantitative estimate of drug-likeness (QED) is 0.200. The second-order valence-electron chi connectivity index (χ2n) is 11.1. The minimum absolute atomic E-state index is 0.499. The van der Waals surface area contributed by atoms with Crippen LogP contribution in [-0.2, 0) is 0 Å². The number of ether oxygens (including phenoxy) is 1. The van der Waals surface area contributed by atoms with Gasteiger partial charge in [0, 0.05) is 10.9 Å². The fourth-order valence-electron chi connectivity index (χ4n) is 7.01. The maximum atomic E-state index is 8.71. The van der Waals surface area contributed by atoms with Crippen LogP contribution in [0.5, 0.6) is 11.5 Å². The van der Waals surface area contributed by atoms with Crippen LogP contribution in [0.3, 0.4) is 0 Å². The Balaban J connectivity index is 1.41. The molecule has 1 aliphatic rings. The second kappa shape index (κ2) is 9.44. The van der Waals surface area contributed by atoms with Crippen molar-refractivity contribution in [3.05, 3.63) is 158 Å². The molecule has 0 amide bonds. The second-order valence-corrected chi connectivity index (χ2v) is 11.1. The summed E-state index contributed by atoms with van der Waals surface area (Å²) in [6.07, 6.45) is 0. The van der Waals surface area contributed by atoms with Crippen LogP contribution in [0.25, 0.3) is 76.8 Å². The minimum Gasteiger partial charge on any atom is -0.456 e. The molecule has 0 radical (unpaired) electrons. The Hall–Kier alpha value is -5.66. The highest BCUT2D eigenvalue weighted by molar-refractivity contribution is 6.25. The highest BCUT2D eigenvalue weighted by atomic mass is 16.5. The van der Waals surface area contributed by atoms with E-state index in [1.807, 2.05) is 24.3 Å². The van der Waals surface area contributed by atoms with Crippen LogP contribution in [0.15, 0.2) is 158 Å². The molecule has 0 fully saturated rings. The lowest BCUT2D eigenvalue weighted by Gasteiger charge is -2.24. The fraction of sp³-hybridized carbons (Fsp3) is 0. The van der Waals surface area contributed by atoms with Crippen LogP contribution in [-0.4, -0.2) is 0 Å². The Morgan fingerprint density at radius 3 is 1.72 bits per heavy atom. The van der Waals surface area contributed by atoms with Crippen LogP contribution in [0.4, 0.5) is 0 Å². The Bertz CT molecular complexity index is 2420. The summed E-state index contributed by atoms with van der Waals surface area (Å²) in [4.78, 5) is 0. The average Bonchev–Trinajstić information content (AvgIpc) is 3.08. The summed E-state index contributed by atoms with van der Waals surface area (Å²) in [7, 11) is 0. The van der Waals surface area contributed by atoms with Gasteiger partial charge in [-0.05, 0) is 78.0 Å². The van der Waals surface area contributed by atoms with E-state index in [1.165, 1.54) is 38.6 Å². The SMILES string of the molecule is [2H]c1ccc2c(-c3ccc4c5c(cccc35)Oc3ccccc3-4)c3ccccc3c(-c3ccccc3-c3ccccc3)c2c1. The van der Waals surface area contributed by atoms with Gasteiger partial charge in [0.2, 0.25) is 0 Å². The van der Waals surface area contributed by atoms with Crippen molar-refractivity contribution >= 4 is 32.3 Å². The summed E-state index contributed by atoms with van der Waals surface area (Å²) in [6.45, 7) is 0. The van der Waals surface area contributed by atoms with Gasteiger partial charge in [0.15, 0.2) is 0 Å². The number of rotatable bonds is 3. The van der Waals surface area contributed by atoms with Gasteiger partial charge in [0.25, 0.3) is 0 Å². The number of fused-ring (bicyclic) bond motifs is 4. The summed E-state index contributed by atoms with van der Waals surface area (Å²) in [5, 5.41) is 6.87. The molecular formula is C42H26O. The number of hydrogen-bond acceptors (Lipinski definition) is 1. The third-order valence-corrected chi connectivity index (χ3v) is 8.82. The van der Waals surface area contributed by atoms with Gasteiger partial charge in [-0.2, -0.15) is 0 Å². The van der Waals surface area contributed by atoms with Crippen molar-refractivity contribution in [3.8, 4) is 56.0 Å². The lowest BCUT2D eigenvalue weighted by Crippen LogP contribution is -1.98. The summed E-state index contributed by atoms with van der Waals surface area (Å²) in [6, 6.07) is 53.7. The first-order chi connectivity index (χ1) is 21.8. The molecule has 0 aromatic heterocycles. The van der Waals surface area contributed by atoms with Crippen molar-refractivity contribution in [3.63, 3.8) is 0 Å². The van der Waals surface area contributed by atoms with Crippen LogP contribution in [0.2, 0.25) is 0 Å². The highest BCUT2D eigenvalue weighted by Gasteiger charge is 2.24. The van der Waals surface area contributed by atoms with Crippen LogP contribution < -0.4 is 4.74 Å². The van der Waals surface area contributed by atoms with E-state index in [9.17, 15) is 0 Å². The largest absolute Gasteiger partial charge is 0.456 e. The molecule has 0 aliphatic carbocycles. The first kappa shape index (κ1) is 23.0. The third-order valence-electron chi connectivity index (χ3n) is 8.82. The van der Waals surface area contributed by atoms with Crippen molar-refractivity contribution in [2.45, 2.75) is 0 Å². The molecule has 0 unspecified atom stereocenters. The van der Waals surface area contributed by atoms with Gasteiger partial charge in [-0.3, -0.25) is 0 Å². The van der Waals surface area contributed by atoms with E-state index in [-0.39, 0.29) is 0 Å². The Morgan fingerprint density at radius 1 is 0.349 bits per heavy atom. The van der Waals surface area contributed by atoms with E-state index in [4.69, 9.17) is 6.11 Å². The van der Waals surface area contributed by atoms with Crippen LogP contribution in [0.1, 0.15) is 1.37 Å². The Morgan fingerprint density at radius 2 is 0.907 bits per heavy atom.